The van der Waals surface area contributed by atoms with Crippen molar-refractivity contribution in [2.24, 2.45) is 5.92 Å². The van der Waals surface area contributed by atoms with Crippen molar-refractivity contribution in [2.45, 2.75) is 82.9 Å². The Morgan fingerprint density at radius 3 is 2.63 bits per heavy atom. The highest BCUT2D eigenvalue weighted by molar-refractivity contribution is 5.94. The summed E-state index contributed by atoms with van der Waals surface area (Å²) in [5.74, 6) is 1.63. The first-order valence-corrected chi connectivity index (χ1v) is 13.6. The highest BCUT2D eigenvalue weighted by atomic mass is 16.5. The van der Waals surface area contributed by atoms with E-state index in [4.69, 9.17) is 9.47 Å². The van der Waals surface area contributed by atoms with Crippen molar-refractivity contribution in [3.05, 3.63) is 64.7 Å². The molecule has 2 aromatic carbocycles. The normalized spacial score (nSPS) is 23.1. The number of ether oxygens (including phenoxy) is 2. The molecule has 1 heterocycles. The third kappa shape index (κ3) is 6.45. The number of nitrogens with one attached hydrogen (secondary N) is 2. The molecule has 1 amide bonds. The fraction of sp³-hybridized carbons (Fsp3) is 0.567. The van der Waals surface area contributed by atoms with E-state index < -0.39 is 0 Å². The Labute approximate surface area is 210 Å². The van der Waals surface area contributed by atoms with Crippen LogP contribution in [0.25, 0.3) is 0 Å². The van der Waals surface area contributed by atoms with E-state index in [0.717, 1.165) is 56.9 Å². The van der Waals surface area contributed by atoms with Gasteiger partial charge in [-0.1, -0.05) is 31.0 Å². The Morgan fingerprint density at radius 2 is 1.86 bits per heavy atom. The van der Waals surface area contributed by atoms with Crippen molar-refractivity contribution in [1.29, 1.82) is 0 Å². The summed E-state index contributed by atoms with van der Waals surface area (Å²) in [5, 5.41) is 7.00. The summed E-state index contributed by atoms with van der Waals surface area (Å²) in [6, 6.07) is 14.9. The monoisotopic (exact) mass is 476 g/mol. The molecule has 5 heteroatoms. The van der Waals surface area contributed by atoms with Crippen LogP contribution in [0.3, 0.4) is 0 Å². The number of aryl methyl sites for hydroxylation is 1. The van der Waals surface area contributed by atoms with Crippen LogP contribution in [0, 0.1) is 5.92 Å². The number of carbonyl (C=O) groups excluding carboxylic acids is 1. The Hall–Kier alpha value is -2.37. The number of hydrogen-bond donors (Lipinski definition) is 2. The van der Waals surface area contributed by atoms with Gasteiger partial charge < -0.3 is 20.1 Å². The Morgan fingerprint density at radius 1 is 1.03 bits per heavy atom. The SMILES string of the molecule is C[C@@H](NCC1CCCC1)c1ccc2c(c1)CC[C@H](NC(=O)c1ccc(OC[C@@H]3CCCO3)cc1)C2. The van der Waals surface area contributed by atoms with Crippen molar-refractivity contribution in [2.75, 3.05) is 19.8 Å². The van der Waals surface area contributed by atoms with Crippen molar-refractivity contribution in [1.82, 2.24) is 10.6 Å². The smallest absolute Gasteiger partial charge is 0.251 e. The summed E-state index contributed by atoms with van der Waals surface area (Å²) in [6.07, 6.45) is 10.8. The molecule has 2 aromatic rings. The number of amides is 1. The summed E-state index contributed by atoms with van der Waals surface area (Å²) < 4.78 is 11.4. The number of hydrogen-bond acceptors (Lipinski definition) is 4. The van der Waals surface area contributed by atoms with Crippen LogP contribution in [-0.2, 0) is 17.6 Å². The molecule has 0 spiro atoms. The molecule has 0 bridgehead atoms. The number of fused-ring (bicyclic) bond motifs is 1. The third-order valence-electron chi connectivity index (χ3n) is 8.06. The second-order valence-corrected chi connectivity index (χ2v) is 10.7. The van der Waals surface area contributed by atoms with Crippen molar-refractivity contribution in [3.8, 4) is 5.75 Å². The Bertz CT molecular complexity index is 978. The van der Waals surface area contributed by atoms with Crippen LogP contribution in [0.5, 0.6) is 5.75 Å². The zero-order valence-electron chi connectivity index (χ0n) is 21.1. The van der Waals surface area contributed by atoms with Gasteiger partial charge in [0.1, 0.15) is 12.4 Å². The lowest BCUT2D eigenvalue weighted by atomic mass is 9.86. The number of carbonyl (C=O) groups is 1. The third-order valence-corrected chi connectivity index (χ3v) is 8.06. The highest BCUT2D eigenvalue weighted by Gasteiger charge is 2.22. The van der Waals surface area contributed by atoms with Gasteiger partial charge in [-0.15, -0.1) is 0 Å². The van der Waals surface area contributed by atoms with E-state index in [-0.39, 0.29) is 18.1 Å². The largest absolute Gasteiger partial charge is 0.491 e. The fourth-order valence-electron chi connectivity index (χ4n) is 5.78. The molecular weight excluding hydrogens is 436 g/mol. The van der Waals surface area contributed by atoms with E-state index in [1.165, 1.54) is 42.4 Å². The predicted molar refractivity (Wildman–Crippen MR) is 139 cm³/mol. The summed E-state index contributed by atoms with van der Waals surface area (Å²) in [4.78, 5) is 12.8. The van der Waals surface area contributed by atoms with Crippen molar-refractivity contribution in [3.63, 3.8) is 0 Å². The maximum absolute atomic E-state index is 12.8. The highest BCUT2D eigenvalue weighted by Crippen LogP contribution is 2.27. The van der Waals surface area contributed by atoms with E-state index in [1.807, 2.05) is 24.3 Å². The van der Waals surface area contributed by atoms with Crippen LogP contribution >= 0.6 is 0 Å². The van der Waals surface area contributed by atoms with Crippen LogP contribution in [0.2, 0.25) is 0 Å². The Kier molecular flexibility index (Phi) is 8.05. The average Bonchev–Trinajstić information content (AvgIpc) is 3.60. The van der Waals surface area contributed by atoms with Gasteiger partial charge in [-0.05, 0) is 105 Å². The molecule has 0 unspecified atom stereocenters. The van der Waals surface area contributed by atoms with Gasteiger partial charge in [0.25, 0.3) is 5.91 Å². The summed E-state index contributed by atoms with van der Waals surface area (Å²) in [5.41, 5.74) is 4.87. The topological polar surface area (TPSA) is 59.6 Å². The van der Waals surface area contributed by atoms with Gasteiger partial charge in [-0.3, -0.25) is 4.79 Å². The molecule has 2 N–H and O–H groups in total. The minimum absolute atomic E-state index is 0.00881. The number of rotatable bonds is 9. The zero-order valence-corrected chi connectivity index (χ0v) is 21.1. The molecule has 5 rings (SSSR count). The number of benzene rings is 2. The van der Waals surface area contributed by atoms with Crippen LogP contribution in [0.15, 0.2) is 42.5 Å². The molecule has 35 heavy (non-hydrogen) atoms. The molecule has 188 valence electrons. The van der Waals surface area contributed by atoms with Gasteiger partial charge in [0.2, 0.25) is 0 Å². The molecule has 1 saturated heterocycles. The molecule has 3 aliphatic rings. The van der Waals surface area contributed by atoms with Crippen LogP contribution < -0.4 is 15.4 Å². The minimum atomic E-state index is -0.00881. The molecule has 3 atom stereocenters. The molecule has 1 saturated carbocycles. The zero-order chi connectivity index (χ0) is 24.0. The summed E-state index contributed by atoms with van der Waals surface area (Å²) in [7, 11) is 0. The van der Waals surface area contributed by atoms with Gasteiger partial charge in [0.15, 0.2) is 0 Å². The van der Waals surface area contributed by atoms with E-state index in [2.05, 4.69) is 35.8 Å². The second-order valence-electron chi connectivity index (χ2n) is 10.7. The molecule has 0 radical (unpaired) electrons. The maximum atomic E-state index is 12.8. The molecular formula is C30H40N2O3. The molecule has 2 aliphatic carbocycles. The molecule has 5 nitrogen and oxygen atoms in total. The Balaban J connectivity index is 1.10. The van der Waals surface area contributed by atoms with Gasteiger partial charge in [-0.25, -0.2) is 0 Å². The molecule has 0 aromatic heterocycles. The molecule has 1 aliphatic heterocycles. The summed E-state index contributed by atoms with van der Waals surface area (Å²) >= 11 is 0. The van der Waals surface area contributed by atoms with Crippen LogP contribution in [0.4, 0.5) is 0 Å². The average molecular weight is 477 g/mol. The van der Waals surface area contributed by atoms with E-state index in [9.17, 15) is 4.79 Å². The first-order chi connectivity index (χ1) is 17.1. The van der Waals surface area contributed by atoms with Gasteiger partial charge in [0, 0.05) is 24.3 Å². The van der Waals surface area contributed by atoms with E-state index in [0.29, 0.717) is 18.2 Å². The molecule has 2 fully saturated rings. The van der Waals surface area contributed by atoms with Crippen molar-refractivity contribution < 1.29 is 14.3 Å². The second kappa shape index (κ2) is 11.6. The van der Waals surface area contributed by atoms with Crippen LogP contribution in [0.1, 0.15) is 85.0 Å². The lowest BCUT2D eigenvalue weighted by molar-refractivity contribution is 0.0679. The summed E-state index contributed by atoms with van der Waals surface area (Å²) in [6.45, 7) is 4.82. The first kappa shape index (κ1) is 24.3. The maximum Gasteiger partial charge on any atom is 0.251 e. The van der Waals surface area contributed by atoms with E-state index >= 15 is 0 Å². The quantitative estimate of drug-likeness (QED) is 0.511. The minimum Gasteiger partial charge on any atom is -0.491 e. The standard InChI is InChI=1S/C30H40N2O3/c1-21(31-19-22-5-2-3-6-22)24-8-9-26-18-27(13-10-25(26)17-24)32-30(33)23-11-14-28(15-12-23)35-20-29-7-4-16-34-29/h8-9,11-12,14-15,17,21-22,27,29,31H,2-7,10,13,16,18-20H2,1H3,(H,32,33)/t21-,27+,29+/m1/s1. The lowest BCUT2D eigenvalue weighted by Crippen LogP contribution is -2.38. The van der Waals surface area contributed by atoms with Crippen LogP contribution in [-0.4, -0.2) is 37.8 Å². The predicted octanol–water partition coefficient (Wildman–Crippen LogP) is 5.37. The van der Waals surface area contributed by atoms with Gasteiger partial charge in [-0.2, -0.15) is 0 Å². The van der Waals surface area contributed by atoms with Crippen molar-refractivity contribution >= 4 is 5.91 Å². The van der Waals surface area contributed by atoms with Gasteiger partial charge in [0.05, 0.1) is 6.10 Å². The first-order valence-electron chi connectivity index (χ1n) is 13.6. The fourth-order valence-corrected chi connectivity index (χ4v) is 5.78. The lowest BCUT2D eigenvalue weighted by Gasteiger charge is -2.27. The van der Waals surface area contributed by atoms with E-state index in [1.54, 1.807) is 0 Å². The van der Waals surface area contributed by atoms with Gasteiger partial charge >= 0.3 is 0 Å².